The average molecular weight is 196 g/mol. The molecule has 0 radical (unpaired) electrons. The van der Waals surface area contributed by atoms with E-state index in [1.165, 1.54) is 0 Å². The fourth-order valence-electron chi connectivity index (χ4n) is 0.872. The third-order valence-corrected chi connectivity index (χ3v) is 2.36. The smallest absolute Gasteiger partial charge is 0.423 e. The predicted molar refractivity (Wildman–Crippen MR) is 56.2 cm³/mol. The van der Waals surface area contributed by atoms with Gasteiger partial charge in [0.25, 0.3) is 0 Å². The van der Waals surface area contributed by atoms with E-state index >= 15 is 0 Å². The Morgan fingerprint density at radius 1 is 1.57 bits per heavy atom. The zero-order chi connectivity index (χ0) is 10.8. The number of hydrogen-bond donors (Lipinski definition) is 2. The van der Waals surface area contributed by atoms with Crippen molar-refractivity contribution in [2.45, 2.75) is 33.8 Å². The van der Waals surface area contributed by atoms with Gasteiger partial charge in [-0.15, -0.1) is 0 Å². The van der Waals surface area contributed by atoms with Crippen LogP contribution in [-0.4, -0.2) is 28.4 Å². The summed E-state index contributed by atoms with van der Waals surface area (Å²) < 4.78 is 5.45. The van der Waals surface area contributed by atoms with Gasteiger partial charge in [0, 0.05) is 24.0 Å². The van der Waals surface area contributed by atoms with Crippen LogP contribution in [-0.2, 0) is 4.65 Å². The fourth-order valence-corrected chi connectivity index (χ4v) is 0.872. The minimum Gasteiger partial charge on any atom is -0.423 e. The summed E-state index contributed by atoms with van der Waals surface area (Å²) in [5.74, 6) is 0. The van der Waals surface area contributed by atoms with Crippen molar-refractivity contribution in [3.05, 3.63) is 12.4 Å². The number of rotatable bonds is 3. The second kappa shape index (κ2) is 4.15. The summed E-state index contributed by atoms with van der Waals surface area (Å²) >= 11 is 0. The second-order valence-corrected chi connectivity index (χ2v) is 4.53. The highest BCUT2D eigenvalue weighted by Crippen LogP contribution is 2.21. The molecule has 0 saturated carbocycles. The molecule has 0 fully saturated rings. The topological polar surface area (TPSA) is 58.1 Å². The van der Waals surface area contributed by atoms with E-state index in [1.54, 1.807) is 12.4 Å². The Hall–Kier alpha value is -0.805. The van der Waals surface area contributed by atoms with E-state index in [-0.39, 0.29) is 11.5 Å². The van der Waals surface area contributed by atoms with E-state index in [1.807, 2.05) is 6.92 Å². The van der Waals surface area contributed by atoms with Crippen LogP contribution in [0.1, 0.15) is 27.7 Å². The number of H-pyrrole nitrogens is 1. The monoisotopic (exact) mass is 196 g/mol. The SMILES string of the molecule is CC(OB(O)c1cn[nH]c1)C(C)(C)C. The molecule has 0 aromatic carbocycles. The third-order valence-electron chi connectivity index (χ3n) is 2.36. The molecular weight excluding hydrogens is 179 g/mol. The van der Waals surface area contributed by atoms with Crippen LogP contribution >= 0.6 is 0 Å². The molecule has 0 aliphatic rings. The first-order chi connectivity index (χ1) is 6.41. The van der Waals surface area contributed by atoms with Crippen molar-refractivity contribution in [2.24, 2.45) is 5.41 Å². The second-order valence-electron chi connectivity index (χ2n) is 4.53. The first-order valence-electron chi connectivity index (χ1n) is 4.73. The quantitative estimate of drug-likeness (QED) is 0.694. The van der Waals surface area contributed by atoms with E-state index in [0.29, 0.717) is 5.46 Å². The van der Waals surface area contributed by atoms with Gasteiger partial charge in [0.2, 0.25) is 0 Å². The van der Waals surface area contributed by atoms with Crippen molar-refractivity contribution >= 4 is 12.6 Å². The van der Waals surface area contributed by atoms with Gasteiger partial charge < -0.3 is 9.68 Å². The van der Waals surface area contributed by atoms with Crippen molar-refractivity contribution < 1.29 is 9.68 Å². The van der Waals surface area contributed by atoms with Crippen molar-refractivity contribution in [1.82, 2.24) is 10.2 Å². The molecule has 1 aromatic heterocycles. The van der Waals surface area contributed by atoms with Gasteiger partial charge in [0.15, 0.2) is 0 Å². The predicted octanol–water partition coefficient (Wildman–Crippen LogP) is 0.548. The van der Waals surface area contributed by atoms with Crippen molar-refractivity contribution in [2.75, 3.05) is 0 Å². The van der Waals surface area contributed by atoms with E-state index in [9.17, 15) is 5.02 Å². The first kappa shape index (κ1) is 11.3. The summed E-state index contributed by atoms with van der Waals surface area (Å²) in [7, 11) is -0.900. The van der Waals surface area contributed by atoms with Crippen LogP contribution in [0.15, 0.2) is 12.4 Å². The normalized spacial score (nSPS) is 14.1. The van der Waals surface area contributed by atoms with E-state index in [0.717, 1.165) is 0 Å². The van der Waals surface area contributed by atoms with Gasteiger partial charge >= 0.3 is 7.12 Å². The summed E-state index contributed by atoms with van der Waals surface area (Å²) in [4.78, 5) is 0. The van der Waals surface area contributed by atoms with Gasteiger partial charge in [0.05, 0.1) is 0 Å². The largest absolute Gasteiger partial charge is 0.494 e. The minimum absolute atomic E-state index is 0.0186. The lowest BCUT2D eigenvalue weighted by Gasteiger charge is -2.28. The summed E-state index contributed by atoms with van der Waals surface area (Å²) in [6, 6.07) is 0. The molecule has 1 atom stereocenters. The molecule has 0 amide bonds. The van der Waals surface area contributed by atoms with Gasteiger partial charge in [-0.1, -0.05) is 20.8 Å². The van der Waals surface area contributed by atoms with Crippen LogP contribution in [0.5, 0.6) is 0 Å². The van der Waals surface area contributed by atoms with Gasteiger partial charge in [0.1, 0.15) is 0 Å². The van der Waals surface area contributed by atoms with Crippen LogP contribution in [0.3, 0.4) is 0 Å². The lowest BCUT2D eigenvalue weighted by Crippen LogP contribution is -2.40. The van der Waals surface area contributed by atoms with E-state index in [2.05, 4.69) is 31.0 Å². The Morgan fingerprint density at radius 3 is 2.64 bits per heavy atom. The molecule has 4 nitrogen and oxygen atoms in total. The van der Waals surface area contributed by atoms with E-state index < -0.39 is 7.12 Å². The van der Waals surface area contributed by atoms with Crippen molar-refractivity contribution in [3.8, 4) is 0 Å². The Kier molecular flexibility index (Phi) is 3.34. The Balaban J connectivity index is 2.53. The highest BCUT2D eigenvalue weighted by Gasteiger charge is 2.27. The molecular formula is C9H17BN2O2. The third kappa shape index (κ3) is 2.85. The minimum atomic E-state index is -0.900. The van der Waals surface area contributed by atoms with Crippen molar-refractivity contribution in [3.63, 3.8) is 0 Å². The molecule has 1 aromatic rings. The van der Waals surface area contributed by atoms with Gasteiger partial charge in [-0.2, -0.15) is 5.10 Å². The van der Waals surface area contributed by atoms with Gasteiger partial charge in [-0.25, -0.2) is 0 Å². The molecule has 5 heteroatoms. The Bertz CT molecular complexity index is 269. The molecule has 1 unspecified atom stereocenters. The molecule has 1 rings (SSSR count). The summed E-state index contributed by atoms with van der Waals surface area (Å²) in [6.45, 7) is 8.16. The number of nitrogens with zero attached hydrogens (tertiary/aromatic N) is 1. The summed E-state index contributed by atoms with van der Waals surface area (Å²) in [5.41, 5.74) is 0.672. The highest BCUT2D eigenvalue weighted by atomic mass is 16.5. The standard InChI is InChI=1S/C9H17BN2O2/c1-7(9(2,3)4)14-10(13)8-5-11-12-6-8/h5-7,13H,1-4H3,(H,11,12). The molecule has 0 aliphatic carbocycles. The number of nitrogens with one attached hydrogen (secondary N) is 1. The van der Waals surface area contributed by atoms with Crippen LogP contribution in [0, 0.1) is 5.41 Å². The highest BCUT2D eigenvalue weighted by molar-refractivity contribution is 6.59. The first-order valence-corrected chi connectivity index (χ1v) is 4.73. The lowest BCUT2D eigenvalue weighted by molar-refractivity contribution is 0.0859. The molecule has 0 bridgehead atoms. The molecule has 0 aliphatic heterocycles. The number of hydrogen-bond acceptors (Lipinski definition) is 3. The zero-order valence-corrected chi connectivity index (χ0v) is 9.11. The maximum Gasteiger partial charge on any atom is 0.494 e. The summed E-state index contributed by atoms with van der Waals surface area (Å²) in [6.07, 6.45) is 3.16. The Morgan fingerprint density at radius 2 is 2.21 bits per heavy atom. The maximum absolute atomic E-state index is 9.66. The van der Waals surface area contributed by atoms with Gasteiger partial charge in [-0.3, -0.25) is 5.10 Å². The maximum atomic E-state index is 9.66. The van der Waals surface area contributed by atoms with Crippen LogP contribution < -0.4 is 5.46 Å². The van der Waals surface area contributed by atoms with Crippen LogP contribution in [0.2, 0.25) is 0 Å². The number of aromatic nitrogens is 2. The Labute approximate surface area is 84.8 Å². The van der Waals surface area contributed by atoms with Gasteiger partial charge in [-0.05, 0) is 12.3 Å². The molecule has 0 spiro atoms. The van der Waals surface area contributed by atoms with Crippen LogP contribution in [0.25, 0.3) is 0 Å². The fraction of sp³-hybridized carbons (Fsp3) is 0.667. The molecule has 0 saturated heterocycles. The average Bonchev–Trinajstić information content (AvgIpc) is 2.53. The molecule has 14 heavy (non-hydrogen) atoms. The van der Waals surface area contributed by atoms with Crippen molar-refractivity contribution in [1.29, 1.82) is 0 Å². The zero-order valence-electron chi connectivity index (χ0n) is 9.11. The molecule has 78 valence electrons. The lowest BCUT2D eigenvalue weighted by atomic mass is 9.80. The molecule has 1 heterocycles. The van der Waals surface area contributed by atoms with Crippen LogP contribution in [0.4, 0.5) is 0 Å². The number of aromatic amines is 1. The summed E-state index contributed by atoms with van der Waals surface area (Å²) in [5, 5.41) is 16.0. The molecule has 2 N–H and O–H groups in total. The van der Waals surface area contributed by atoms with E-state index in [4.69, 9.17) is 4.65 Å².